The highest BCUT2D eigenvalue weighted by atomic mass is 32.2. The highest BCUT2D eigenvalue weighted by Gasteiger charge is 2.36. The number of sulfonamides is 1. The molecule has 5 nitrogen and oxygen atoms in total. The molecule has 2 heterocycles. The maximum absolute atomic E-state index is 13.4. The van der Waals surface area contributed by atoms with E-state index >= 15 is 0 Å². The lowest BCUT2D eigenvalue weighted by atomic mass is 9.95. The summed E-state index contributed by atoms with van der Waals surface area (Å²) in [6.45, 7) is 1.57. The minimum atomic E-state index is -3.18. The molecule has 1 unspecified atom stereocenters. The van der Waals surface area contributed by atoms with Crippen LogP contribution in [0.2, 0.25) is 0 Å². The fraction of sp³-hybridized carbons (Fsp3) is 0.611. The Morgan fingerprint density at radius 1 is 1.20 bits per heavy atom. The van der Waals surface area contributed by atoms with E-state index in [1.165, 1.54) is 22.7 Å². The van der Waals surface area contributed by atoms with Crippen molar-refractivity contribution in [1.29, 1.82) is 0 Å². The SMILES string of the molecule is CS(=O)(=O)N1CCC(C(=O)N2CCCC2Cc2cccc(F)c2)CC1. The molecule has 0 aromatic heterocycles. The summed E-state index contributed by atoms with van der Waals surface area (Å²) >= 11 is 0. The highest BCUT2D eigenvalue weighted by molar-refractivity contribution is 7.88. The van der Waals surface area contributed by atoms with E-state index in [2.05, 4.69) is 0 Å². The van der Waals surface area contributed by atoms with Gasteiger partial charge in [0.2, 0.25) is 15.9 Å². The van der Waals surface area contributed by atoms with Gasteiger partial charge in [0.15, 0.2) is 0 Å². The number of carbonyl (C=O) groups excluding carboxylic acids is 1. The first-order chi connectivity index (χ1) is 11.8. The van der Waals surface area contributed by atoms with Gasteiger partial charge in [0.05, 0.1) is 6.26 Å². The van der Waals surface area contributed by atoms with Crippen molar-refractivity contribution < 1.29 is 17.6 Å². The van der Waals surface area contributed by atoms with Crippen LogP contribution in [-0.4, -0.2) is 55.5 Å². The maximum Gasteiger partial charge on any atom is 0.226 e. The number of halogens is 1. The van der Waals surface area contributed by atoms with Gasteiger partial charge < -0.3 is 4.90 Å². The predicted octanol–water partition coefficient (Wildman–Crippen LogP) is 2.03. The third kappa shape index (κ3) is 4.39. The van der Waals surface area contributed by atoms with Crippen LogP contribution in [0.15, 0.2) is 24.3 Å². The lowest BCUT2D eigenvalue weighted by molar-refractivity contribution is -0.137. The number of amides is 1. The summed E-state index contributed by atoms with van der Waals surface area (Å²) in [5, 5.41) is 0. The minimum Gasteiger partial charge on any atom is -0.339 e. The summed E-state index contributed by atoms with van der Waals surface area (Å²) in [4.78, 5) is 14.8. The van der Waals surface area contributed by atoms with E-state index < -0.39 is 10.0 Å². The first-order valence-electron chi connectivity index (χ1n) is 8.84. The van der Waals surface area contributed by atoms with Crippen molar-refractivity contribution in [2.45, 2.75) is 38.1 Å². The third-order valence-corrected chi connectivity index (χ3v) is 6.60. The Morgan fingerprint density at radius 2 is 1.92 bits per heavy atom. The summed E-state index contributed by atoms with van der Waals surface area (Å²) in [7, 11) is -3.18. The highest BCUT2D eigenvalue weighted by Crippen LogP contribution is 2.27. The zero-order valence-electron chi connectivity index (χ0n) is 14.5. The van der Waals surface area contributed by atoms with Crippen molar-refractivity contribution in [3.63, 3.8) is 0 Å². The Labute approximate surface area is 148 Å². The largest absolute Gasteiger partial charge is 0.339 e. The average molecular weight is 368 g/mol. The van der Waals surface area contributed by atoms with Crippen LogP contribution in [-0.2, 0) is 21.2 Å². The Morgan fingerprint density at radius 3 is 2.56 bits per heavy atom. The van der Waals surface area contributed by atoms with Crippen LogP contribution in [0.5, 0.6) is 0 Å². The molecule has 25 heavy (non-hydrogen) atoms. The van der Waals surface area contributed by atoms with E-state index in [0.717, 1.165) is 24.9 Å². The number of nitrogens with zero attached hydrogens (tertiary/aromatic N) is 2. The number of hydrogen-bond acceptors (Lipinski definition) is 3. The lowest BCUT2D eigenvalue weighted by Crippen LogP contribution is -2.46. The van der Waals surface area contributed by atoms with Crippen LogP contribution < -0.4 is 0 Å². The summed E-state index contributed by atoms with van der Waals surface area (Å²) in [6.07, 6.45) is 4.94. The second-order valence-electron chi connectivity index (χ2n) is 7.10. The maximum atomic E-state index is 13.4. The fourth-order valence-corrected chi connectivity index (χ4v) is 4.82. The van der Waals surface area contributed by atoms with Gasteiger partial charge >= 0.3 is 0 Å². The third-order valence-electron chi connectivity index (χ3n) is 5.29. The Hall–Kier alpha value is -1.47. The molecule has 0 radical (unpaired) electrons. The van der Waals surface area contributed by atoms with Gasteiger partial charge in [-0.05, 0) is 49.8 Å². The molecule has 1 amide bonds. The smallest absolute Gasteiger partial charge is 0.226 e. The zero-order chi connectivity index (χ0) is 18.0. The van der Waals surface area contributed by atoms with Crippen molar-refractivity contribution in [2.75, 3.05) is 25.9 Å². The van der Waals surface area contributed by atoms with Gasteiger partial charge in [-0.25, -0.2) is 17.1 Å². The van der Waals surface area contributed by atoms with Gasteiger partial charge in [0.25, 0.3) is 0 Å². The molecule has 2 aliphatic heterocycles. The molecule has 0 bridgehead atoms. The Kier molecular flexibility index (Phi) is 5.43. The van der Waals surface area contributed by atoms with Crippen LogP contribution >= 0.6 is 0 Å². The summed E-state index contributed by atoms with van der Waals surface area (Å²) < 4.78 is 38.0. The molecule has 2 saturated heterocycles. The summed E-state index contributed by atoms with van der Waals surface area (Å²) in [5.74, 6) is -0.223. The van der Waals surface area contributed by atoms with Gasteiger partial charge in [-0.2, -0.15) is 0 Å². The Bertz CT molecular complexity index is 730. The van der Waals surface area contributed by atoms with Crippen molar-refractivity contribution in [3.8, 4) is 0 Å². The predicted molar refractivity (Wildman–Crippen MR) is 94.0 cm³/mol. The number of benzene rings is 1. The van der Waals surface area contributed by atoms with Gasteiger partial charge in [0, 0.05) is 31.6 Å². The minimum absolute atomic E-state index is 0.105. The molecular formula is C18H25FN2O3S. The van der Waals surface area contributed by atoms with Crippen molar-refractivity contribution in [1.82, 2.24) is 9.21 Å². The molecule has 0 aliphatic carbocycles. The van der Waals surface area contributed by atoms with Crippen molar-refractivity contribution in [2.24, 2.45) is 5.92 Å². The number of hydrogen-bond donors (Lipinski definition) is 0. The van der Waals surface area contributed by atoms with Crippen molar-refractivity contribution >= 4 is 15.9 Å². The van der Waals surface area contributed by atoms with E-state index in [1.807, 2.05) is 11.0 Å². The Balaban J connectivity index is 1.61. The number of rotatable bonds is 4. The van der Waals surface area contributed by atoms with Gasteiger partial charge in [-0.1, -0.05) is 12.1 Å². The number of piperidine rings is 1. The molecule has 1 aromatic rings. The molecule has 3 rings (SSSR count). The van der Waals surface area contributed by atoms with E-state index in [0.29, 0.717) is 32.4 Å². The zero-order valence-corrected chi connectivity index (χ0v) is 15.3. The van der Waals surface area contributed by atoms with Gasteiger partial charge in [0.1, 0.15) is 5.82 Å². The molecule has 138 valence electrons. The first kappa shape index (κ1) is 18.3. The molecule has 2 aliphatic rings. The number of carbonyl (C=O) groups is 1. The normalized spacial score (nSPS) is 23.1. The quantitative estimate of drug-likeness (QED) is 0.817. The van der Waals surface area contributed by atoms with E-state index in [9.17, 15) is 17.6 Å². The van der Waals surface area contributed by atoms with Gasteiger partial charge in [-0.3, -0.25) is 4.79 Å². The molecule has 7 heteroatoms. The molecule has 1 atom stereocenters. The number of likely N-dealkylation sites (tertiary alicyclic amines) is 1. The average Bonchev–Trinajstić information content (AvgIpc) is 3.01. The monoisotopic (exact) mass is 368 g/mol. The molecule has 0 N–H and O–H groups in total. The molecule has 1 aromatic carbocycles. The second-order valence-corrected chi connectivity index (χ2v) is 9.08. The van der Waals surface area contributed by atoms with E-state index in [1.54, 1.807) is 6.07 Å². The van der Waals surface area contributed by atoms with E-state index in [4.69, 9.17) is 0 Å². The summed E-state index contributed by atoms with van der Waals surface area (Å²) in [5.41, 5.74) is 0.914. The summed E-state index contributed by atoms with van der Waals surface area (Å²) in [6, 6.07) is 6.67. The van der Waals surface area contributed by atoms with Crippen LogP contribution in [0.3, 0.4) is 0 Å². The molecule has 0 saturated carbocycles. The second kappa shape index (κ2) is 7.41. The van der Waals surface area contributed by atoms with Crippen LogP contribution in [0.4, 0.5) is 4.39 Å². The van der Waals surface area contributed by atoms with Crippen molar-refractivity contribution in [3.05, 3.63) is 35.6 Å². The molecule has 0 spiro atoms. The van der Waals surface area contributed by atoms with Crippen LogP contribution in [0, 0.1) is 11.7 Å². The molecule has 2 fully saturated rings. The van der Waals surface area contributed by atoms with Crippen LogP contribution in [0.1, 0.15) is 31.2 Å². The fourth-order valence-electron chi connectivity index (χ4n) is 3.94. The van der Waals surface area contributed by atoms with Gasteiger partial charge in [-0.15, -0.1) is 0 Å². The molecular weight excluding hydrogens is 343 g/mol. The topological polar surface area (TPSA) is 57.7 Å². The standard InChI is InChI=1S/C18H25FN2O3S/c1-25(23,24)20-10-7-15(8-11-20)18(22)21-9-3-6-17(21)13-14-4-2-5-16(19)12-14/h2,4-5,12,15,17H,3,6-11,13H2,1H3. The first-order valence-corrected chi connectivity index (χ1v) is 10.7. The van der Waals surface area contributed by atoms with Crippen LogP contribution in [0.25, 0.3) is 0 Å². The van der Waals surface area contributed by atoms with E-state index in [-0.39, 0.29) is 23.7 Å². The lowest BCUT2D eigenvalue weighted by Gasteiger charge is -2.34.